The monoisotopic (exact) mass is 431 g/mol. The van der Waals surface area contributed by atoms with Gasteiger partial charge in [-0.1, -0.05) is 19.3 Å². The number of hydrogen-bond donors (Lipinski definition) is 1. The van der Waals surface area contributed by atoms with Crippen LogP contribution < -0.4 is 5.32 Å². The predicted molar refractivity (Wildman–Crippen MR) is 114 cm³/mol. The molecule has 30 heavy (non-hydrogen) atoms. The van der Waals surface area contributed by atoms with Crippen LogP contribution in [0.2, 0.25) is 0 Å². The van der Waals surface area contributed by atoms with Gasteiger partial charge >= 0.3 is 0 Å². The third-order valence-corrected chi connectivity index (χ3v) is 7.47. The molecule has 160 valence electrons. The lowest BCUT2D eigenvalue weighted by atomic mass is 9.96. The van der Waals surface area contributed by atoms with Crippen molar-refractivity contribution in [2.75, 3.05) is 12.4 Å². The van der Waals surface area contributed by atoms with Gasteiger partial charge in [0.25, 0.3) is 11.6 Å². The van der Waals surface area contributed by atoms with Gasteiger partial charge in [-0.05, 0) is 55.7 Å². The van der Waals surface area contributed by atoms with Crippen LogP contribution in [0.4, 0.5) is 11.4 Å². The summed E-state index contributed by atoms with van der Waals surface area (Å²) >= 11 is 0. The molecule has 2 aromatic carbocycles. The molecule has 0 bridgehead atoms. The Balaban J connectivity index is 1.72. The Morgan fingerprint density at radius 3 is 2.30 bits per heavy atom. The van der Waals surface area contributed by atoms with E-state index in [9.17, 15) is 23.3 Å². The van der Waals surface area contributed by atoms with Crippen LogP contribution in [0.1, 0.15) is 48.0 Å². The Labute approximate surface area is 176 Å². The maximum Gasteiger partial charge on any atom is 0.269 e. The second kappa shape index (κ2) is 8.93. The van der Waals surface area contributed by atoms with Gasteiger partial charge in [0.2, 0.25) is 10.0 Å². The van der Waals surface area contributed by atoms with E-state index in [0.717, 1.165) is 32.1 Å². The van der Waals surface area contributed by atoms with E-state index in [1.165, 1.54) is 34.6 Å². The largest absolute Gasteiger partial charge is 0.322 e. The Morgan fingerprint density at radius 1 is 1.10 bits per heavy atom. The third-order valence-electron chi connectivity index (χ3n) is 5.54. The summed E-state index contributed by atoms with van der Waals surface area (Å²) < 4.78 is 27.3. The predicted octanol–water partition coefficient (Wildman–Crippen LogP) is 4.11. The zero-order valence-electron chi connectivity index (χ0n) is 17.0. The lowest BCUT2D eigenvalue weighted by Crippen LogP contribution is -2.38. The molecule has 0 saturated heterocycles. The van der Waals surface area contributed by atoms with Crippen LogP contribution in [0, 0.1) is 17.0 Å². The second-order valence-electron chi connectivity index (χ2n) is 7.55. The van der Waals surface area contributed by atoms with E-state index in [1.807, 2.05) is 0 Å². The van der Waals surface area contributed by atoms with Gasteiger partial charge in [0.15, 0.2) is 0 Å². The van der Waals surface area contributed by atoms with Crippen LogP contribution in [0.15, 0.2) is 47.4 Å². The Morgan fingerprint density at radius 2 is 1.73 bits per heavy atom. The van der Waals surface area contributed by atoms with Gasteiger partial charge in [-0.3, -0.25) is 14.9 Å². The molecule has 3 rings (SSSR count). The number of nitrogens with zero attached hydrogens (tertiary/aromatic N) is 2. The highest BCUT2D eigenvalue weighted by Crippen LogP contribution is 2.27. The topological polar surface area (TPSA) is 110 Å². The van der Waals surface area contributed by atoms with E-state index in [4.69, 9.17) is 0 Å². The van der Waals surface area contributed by atoms with Crippen molar-refractivity contribution in [2.45, 2.75) is 50.0 Å². The molecule has 0 spiro atoms. The fourth-order valence-corrected chi connectivity index (χ4v) is 5.15. The minimum Gasteiger partial charge on any atom is -0.322 e. The lowest BCUT2D eigenvalue weighted by Gasteiger charge is -2.30. The number of aryl methyl sites for hydroxylation is 1. The maximum absolute atomic E-state index is 12.9. The van der Waals surface area contributed by atoms with Crippen molar-refractivity contribution in [1.29, 1.82) is 0 Å². The summed E-state index contributed by atoms with van der Waals surface area (Å²) in [6, 6.07) is 10.1. The molecule has 0 radical (unpaired) electrons. The van der Waals surface area contributed by atoms with Crippen LogP contribution >= 0.6 is 0 Å². The Kier molecular flexibility index (Phi) is 6.52. The molecule has 9 heteroatoms. The highest BCUT2D eigenvalue weighted by Gasteiger charge is 2.29. The molecule has 1 amide bonds. The third kappa shape index (κ3) is 4.68. The molecular weight excluding hydrogens is 406 g/mol. The number of sulfonamides is 1. The van der Waals surface area contributed by atoms with Crippen LogP contribution in [0.25, 0.3) is 0 Å². The molecule has 1 saturated carbocycles. The number of benzene rings is 2. The lowest BCUT2D eigenvalue weighted by molar-refractivity contribution is -0.384. The van der Waals surface area contributed by atoms with E-state index in [2.05, 4.69) is 5.32 Å². The van der Waals surface area contributed by atoms with Crippen LogP contribution in [-0.4, -0.2) is 36.6 Å². The average Bonchev–Trinajstić information content (AvgIpc) is 2.74. The molecule has 8 nitrogen and oxygen atoms in total. The van der Waals surface area contributed by atoms with Crippen molar-refractivity contribution >= 4 is 27.3 Å². The van der Waals surface area contributed by atoms with Crippen molar-refractivity contribution in [1.82, 2.24) is 4.31 Å². The number of nitro benzene ring substituents is 1. The van der Waals surface area contributed by atoms with Crippen molar-refractivity contribution < 1.29 is 18.1 Å². The van der Waals surface area contributed by atoms with Gasteiger partial charge in [0.1, 0.15) is 0 Å². The number of amides is 1. The molecule has 0 atom stereocenters. The van der Waals surface area contributed by atoms with Crippen LogP contribution in [0.3, 0.4) is 0 Å². The van der Waals surface area contributed by atoms with Gasteiger partial charge in [0.05, 0.1) is 9.82 Å². The Bertz CT molecular complexity index is 1040. The summed E-state index contributed by atoms with van der Waals surface area (Å²) in [5, 5.41) is 13.5. The normalized spacial score (nSPS) is 15.2. The highest BCUT2D eigenvalue weighted by atomic mass is 32.2. The number of anilines is 1. The number of nitrogens with one attached hydrogen (secondary N) is 1. The standard InChI is InChI=1S/C21H25N3O5S/c1-15-14-18(24(26)27)10-13-20(15)21(25)22-16-8-11-19(12-9-16)30(28,29)23(2)17-6-4-3-5-7-17/h8-14,17H,3-7H2,1-2H3,(H,22,25). The van der Waals surface area contributed by atoms with Gasteiger partial charge in [-0.2, -0.15) is 4.31 Å². The van der Waals surface area contributed by atoms with Gasteiger partial charge in [0, 0.05) is 36.5 Å². The quantitative estimate of drug-likeness (QED) is 0.547. The Hall–Kier alpha value is -2.78. The van der Waals surface area contributed by atoms with E-state index in [1.54, 1.807) is 26.1 Å². The molecule has 1 aliphatic carbocycles. The van der Waals surface area contributed by atoms with Crippen LogP contribution in [-0.2, 0) is 10.0 Å². The highest BCUT2D eigenvalue weighted by molar-refractivity contribution is 7.89. The second-order valence-corrected chi connectivity index (χ2v) is 9.55. The zero-order chi connectivity index (χ0) is 21.9. The number of rotatable bonds is 6. The van der Waals surface area contributed by atoms with E-state index in [-0.39, 0.29) is 16.6 Å². The summed E-state index contributed by atoms with van der Waals surface area (Å²) in [7, 11) is -1.98. The molecule has 1 fully saturated rings. The first-order chi connectivity index (χ1) is 14.2. The molecule has 0 aromatic heterocycles. The molecular formula is C21H25N3O5S. The summed E-state index contributed by atoms with van der Waals surface area (Å²) in [6.07, 6.45) is 4.97. The average molecular weight is 432 g/mol. The number of hydrogen-bond acceptors (Lipinski definition) is 5. The molecule has 0 unspecified atom stereocenters. The maximum atomic E-state index is 12.9. The molecule has 0 heterocycles. The van der Waals surface area contributed by atoms with E-state index < -0.39 is 20.9 Å². The number of nitro groups is 1. The van der Waals surface area contributed by atoms with E-state index in [0.29, 0.717) is 16.8 Å². The zero-order valence-corrected chi connectivity index (χ0v) is 17.8. The minimum atomic E-state index is -3.60. The first kappa shape index (κ1) is 21.9. The van der Waals surface area contributed by atoms with Crippen molar-refractivity contribution in [3.63, 3.8) is 0 Å². The fourth-order valence-electron chi connectivity index (χ4n) is 3.73. The SMILES string of the molecule is Cc1cc([N+](=O)[O-])ccc1C(=O)Nc1ccc(S(=O)(=O)N(C)C2CCCCC2)cc1. The first-order valence-electron chi connectivity index (χ1n) is 9.84. The molecule has 1 N–H and O–H groups in total. The van der Waals surface area contributed by atoms with Crippen molar-refractivity contribution in [2.24, 2.45) is 0 Å². The van der Waals surface area contributed by atoms with Crippen molar-refractivity contribution in [3.8, 4) is 0 Å². The fraction of sp³-hybridized carbons (Fsp3) is 0.381. The summed E-state index contributed by atoms with van der Waals surface area (Å²) in [6.45, 7) is 1.62. The summed E-state index contributed by atoms with van der Waals surface area (Å²) in [5.74, 6) is -0.419. The number of carbonyl (C=O) groups is 1. The molecule has 0 aliphatic heterocycles. The minimum absolute atomic E-state index is 0.0215. The molecule has 2 aromatic rings. The molecule has 1 aliphatic rings. The van der Waals surface area contributed by atoms with E-state index >= 15 is 0 Å². The van der Waals surface area contributed by atoms with Crippen LogP contribution in [0.5, 0.6) is 0 Å². The van der Waals surface area contributed by atoms with Gasteiger partial charge in [-0.15, -0.1) is 0 Å². The van der Waals surface area contributed by atoms with Gasteiger partial charge in [-0.25, -0.2) is 8.42 Å². The van der Waals surface area contributed by atoms with Gasteiger partial charge < -0.3 is 5.32 Å². The van der Waals surface area contributed by atoms with Crippen molar-refractivity contribution in [3.05, 3.63) is 63.7 Å². The summed E-state index contributed by atoms with van der Waals surface area (Å²) in [4.78, 5) is 23.0. The summed E-state index contributed by atoms with van der Waals surface area (Å²) in [5.41, 5.74) is 1.15. The number of carbonyl (C=O) groups excluding carboxylic acids is 1. The first-order valence-corrected chi connectivity index (χ1v) is 11.3. The smallest absolute Gasteiger partial charge is 0.269 e. The number of non-ortho nitro benzene ring substituents is 1.